The SMILES string of the molecule is CN(C1CCS(=O)(=O)C1)S(=O)(=O)c1cc(CN)sc1Br. The van der Waals surface area contributed by atoms with Crippen molar-refractivity contribution >= 4 is 47.1 Å². The molecule has 1 aromatic rings. The topological polar surface area (TPSA) is 97.5 Å². The minimum atomic E-state index is -3.72. The second-order valence-electron chi connectivity index (χ2n) is 4.63. The Hall–Kier alpha value is -0.000000000000000111. The van der Waals surface area contributed by atoms with Crippen LogP contribution in [0.1, 0.15) is 11.3 Å². The van der Waals surface area contributed by atoms with Crippen LogP contribution in [0.15, 0.2) is 14.7 Å². The summed E-state index contributed by atoms with van der Waals surface area (Å²) in [7, 11) is -5.42. The van der Waals surface area contributed by atoms with Gasteiger partial charge in [0.1, 0.15) is 4.90 Å². The van der Waals surface area contributed by atoms with Gasteiger partial charge >= 0.3 is 0 Å². The van der Waals surface area contributed by atoms with Crippen molar-refractivity contribution in [2.45, 2.75) is 23.9 Å². The Morgan fingerprint density at radius 3 is 2.65 bits per heavy atom. The fourth-order valence-electron chi connectivity index (χ4n) is 2.09. The van der Waals surface area contributed by atoms with E-state index in [9.17, 15) is 16.8 Å². The number of hydrogen-bond acceptors (Lipinski definition) is 6. The van der Waals surface area contributed by atoms with Gasteiger partial charge in [-0.15, -0.1) is 11.3 Å². The van der Waals surface area contributed by atoms with Crippen LogP contribution in [0.25, 0.3) is 0 Å². The lowest BCUT2D eigenvalue weighted by Gasteiger charge is -2.22. The Kier molecular flexibility index (Phi) is 4.63. The third-order valence-corrected chi connectivity index (χ3v) is 9.22. The number of sulfonamides is 1. The van der Waals surface area contributed by atoms with Gasteiger partial charge in [0, 0.05) is 24.5 Å². The fraction of sp³-hybridized carbons (Fsp3) is 0.600. The van der Waals surface area contributed by atoms with Gasteiger partial charge in [-0.1, -0.05) is 0 Å². The molecule has 1 saturated heterocycles. The van der Waals surface area contributed by atoms with Gasteiger partial charge in [0.05, 0.1) is 15.3 Å². The number of thiophene rings is 1. The molecule has 2 rings (SSSR count). The van der Waals surface area contributed by atoms with Crippen molar-refractivity contribution in [3.05, 3.63) is 14.7 Å². The zero-order valence-electron chi connectivity index (χ0n) is 10.7. The number of sulfone groups is 1. The molecule has 1 aromatic heterocycles. The summed E-state index contributed by atoms with van der Waals surface area (Å²) in [6, 6.07) is 1.03. The first-order chi connectivity index (χ1) is 9.17. The predicted octanol–water partition coefficient (Wildman–Crippen LogP) is 0.777. The smallest absolute Gasteiger partial charge is 0.245 e. The first kappa shape index (κ1) is 16.4. The Morgan fingerprint density at radius 2 is 2.20 bits per heavy atom. The molecule has 1 aliphatic rings. The molecule has 0 bridgehead atoms. The predicted molar refractivity (Wildman–Crippen MR) is 81.9 cm³/mol. The van der Waals surface area contributed by atoms with Gasteiger partial charge in [-0.2, -0.15) is 4.31 Å². The van der Waals surface area contributed by atoms with Gasteiger partial charge in [-0.05, 0) is 28.4 Å². The van der Waals surface area contributed by atoms with Crippen molar-refractivity contribution in [1.29, 1.82) is 0 Å². The van der Waals surface area contributed by atoms with Gasteiger partial charge in [0.25, 0.3) is 0 Å². The molecule has 0 amide bonds. The van der Waals surface area contributed by atoms with Crippen LogP contribution in [0.3, 0.4) is 0 Å². The number of halogens is 1. The van der Waals surface area contributed by atoms with E-state index < -0.39 is 25.9 Å². The van der Waals surface area contributed by atoms with E-state index in [-0.39, 0.29) is 22.9 Å². The molecule has 0 spiro atoms. The Balaban J connectivity index is 2.32. The Bertz CT molecular complexity index is 711. The molecule has 0 aliphatic carbocycles. The van der Waals surface area contributed by atoms with E-state index in [1.165, 1.54) is 24.5 Å². The van der Waals surface area contributed by atoms with Crippen LogP contribution in [-0.2, 0) is 26.4 Å². The maximum Gasteiger partial charge on any atom is 0.245 e. The van der Waals surface area contributed by atoms with Gasteiger partial charge in [-0.3, -0.25) is 0 Å². The molecule has 1 unspecified atom stereocenters. The third kappa shape index (κ3) is 3.09. The molecule has 1 aliphatic heterocycles. The largest absolute Gasteiger partial charge is 0.326 e. The molecule has 114 valence electrons. The lowest BCUT2D eigenvalue weighted by molar-refractivity contribution is 0.394. The third-order valence-electron chi connectivity index (χ3n) is 3.29. The Labute approximate surface area is 131 Å². The summed E-state index contributed by atoms with van der Waals surface area (Å²) in [5, 5.41) is 0. The molecule has 20 heavy (non-hydrogen) atoms. The van der Waals surface area contributed by atoms with Crippen molar-refractivity contribution in [2.24, 2.45) is 5.73 Å². The first-order valence-electron chi connectivity index (χ1n) is 5.84. The highest BCUT2D eigenvalue weighted by molar-refractivity contribution is 9.11. The summed E-state index contributed by atoms with van der Waals surface area (Å²) in [6.45, 7) is 0.264. The molecule has 1 atom stereocenters. The molecule has 2 heterocycles. The number of rotatable bonds is 4. The standard InChI is InChI=1S/C10H15BrN2O4S3/c1-13(7-2-3-19(14,15)6-7)20(16,17)9-4-8(5-12)18-10(9)11/h4,7H,2-3,5-6,12H2,1H3. The molecular weight excluding hydrogens is 388 g/mol. The van der Waals surface area contributed by atoms with Gasteiger partial charge in [-0.25, -0.2) is 16.8 Å². The quantitative estimate of drug-likeness (QED) is 0.801. The van der Waals surface area contributed by atoms with Gasteiger partial charge < -0.3 is 5.73 Å². The maximum absolute atomic E-state index is 12.5. The van der Waals surface area contributed by atoms with E-state index in [0.29, 0.717) is 10.2 Å². The van der Waals surface area contributed by atoms with E-state index in [1.54, 1.807) is 0 Å². The average Bonchev–Trinajstić information content (AvgIpc) is 2.91. The van der Waals surface area contributed by atoms with Crippen molar-refractivity contribution < 1.29 is 16.8 Å². The molecule has 0 aromatic carbocycles. The molecule has 2 N–H and O–H groups in total. The number of nitrogens with zero attached hydrogens (tertiary/aromatic N) is 1. The van der Waals surface area contributed by atoms with Gasteiger partial charge in [0.2, 0.25) is 10.0 Å². The van der Waals surface area contributed by atoms with E-state index in [4.69, 9.17) is 5.73 Å². The van der Waals surface area contributed by atoms with E-state index >= 15 is 0 Å². The Morgan fingerprint density at radius 1 is 1.55 bits per heavy atom. The summed E-state index contributed by atoms with van der Waals surface area (Å²) in [5.41, 5.74) is 5.51. The monoisotopic (exact) mass is 402 g/mol. The lowest BCUT2D eigenvalue weighted by atomic mass is 10.3. The minimum absolute atomic E-state index is 0.0381. The fourth-order valence-corrected chi connectivity index (χ4v) is 7.85. The summed E-state index contributed by atoms with van der Waals surface area (Å²) < 4.78 is 49.7. The van der Waals surface area contributed by atoms with Crippen LogP contribution in [0.4, 0.5) is 0 Å². The van der Waals surface area contributed by atoms with E-state index in [2.05, 4.69) is 15.9 Å². The first-order valence-corrected chi connectivity index (χ1v) is 10.7. The summed E-state index contributed by atoms with van der Waals surface area (Å²) in [4.78, 5) is 0.901. The highest BCUT2D eigenvalue weighted by Gasteiger charge is 2.37. The summed E-state index contributed by atoms with van der Waals surface area (Å²) in [5.74, 6) is -0.0788. The second kappa shape index (κ2) is 5.65. The number of hydrogen-bond donors (Lipinski definition) is 1. The lowest BCUT2D eigenvalue weighted by Crippen LogP contribution is -2.37. The van der Waals surface area contributed by atoms with Crippen molar-refractivity contribution in [3.63, 3.8) is 0 Å². The van der Waals surface area contributed by atoms with Crippen molar-refractivity contribution in [3.8, 4) is 0 Å². The average molecular weight is 403 g/mol. The normalized spacial score (nSPS) is 22.5. The number of nitrogens with two attached hydrogens (primary N) is 1. The van der Waals surface area contributed by atoms with Crippen LogP contribution >= 0.6 is 27.3 Å². The second-order valence-corrected chi connectivity index (χ2v) is 11.3. The van der Waals surface area contributed by atoms with Crippen LogP contribution in [0, 0.1) is 0 Å². The molecular formula is C10H15BrN2O4S3. The maximum atomic E-state index is 12.5. The molecule has 1 fully saturated rings. The molecule has 0 saturated carbocycles. The van der Waals surface area contributed by atoms with Crippen LogP contribution in [0.2, 0.25) is 0 Å². The molecule has 0 radical (unpaired) electrons. The molecule has 6 nitrogen and oxygen atoms in total. The summed E-state index contributed by atoms with van der Waals surface area (Å²) >= 11 is 4.50. The zero-order valence-corrected chi connectivity index (χ0v) is 14.8. The van der Waals surface area contributed by atoms with Crippen molar-refractivity contribution in [1.82, 2.24) is 4.31 Å². The minimum Gasteiger partial charge on any atom is -0.326 e. The highest BCUT2D eigenvalue weighted by Crippen LogP contribution is 2.34. The van der Waals surface area contributed by atoms with Crippen LogP contribution < -0.4 is 5.73 Å². The van der Waals surface area contributed by atoms with Crippen LogP contribution in [0.5, 0.6) is 0 Å². The zero-order chi connectivity index (χ0) is 15.1. The highest BCUT2D eigenvalue weighted by atomic mass is 79.9. The van der Waals surface area contributed by atoms with Gasteiger partial charge in [0.15, 0.2) is 9.84 Å². The van der Waals surface area contributed by atoms with E-state index in [0.717, 1.165) is 9.18 Å². The molecule has 10 heteroatoms. The van der Waals surface area contributed by atoms with Crippen molar-refractivity contribution in [2.75, 3.05) is 18.6 Å². The summed E-state index contributed by atoms with van der Waals surface area (Å²) in [6.07, 6.45) is 0.337. The van der Waals surface area contributed by atoms with E-state index in [1.807, 2.05) is 0 Å². The van der Waals surface area contributed by atoms with Crippen LogP contribution in [-0.4, -0.2) is 45.7 Å².